The number of hydrogen-bond donors (Lipinski definition) is 2. The molecule has 0 amide bonds. The van der Waals surface area contributed by atoms with Gasteiger partial charge >= 0.3 is 0 Å². The molecule has 1 fully saturated rings. The summed E-state index contributed by atoms with van der Waals surface area (Å²) >= 11 is 0. The van der Waals surface area contributed by atoms with E-state index in [9.17, 15) is 5.11 Å². The highest BCUT2D eigenvalue weighted by Crippen LogP contribution is 2.45. The molecule has 2 bridgehead atoms. The number of aliphatic hydroxyl groups excluding tert-OH is 1. The van der Waals surface area contributed by atoms with Gasteiger partial charge in [-0.25, -0.2) is 0 Å². The number of ether oxygens (including phenoxy) is 1. The molecular weight excluding hydrogens is 226 g/mol. The van der Waals surface area contributed by atoms with E-state index in [1.165, 1.54) is 6.42 Å². The van der Waals surface area contributed by atoms with Gasteiger partial charge in [0, 0.05) is 12.5 Å². The van der Waals surface area contributed by atoms with Crippen LogP contribution in [0.15, 0.2) is 36.4 Å². The summed E-state index contributed by atoms with van der Waals surface area (Å²) < 4.78 is 5.63. The van der Waals surface area contributed by atoms with Crippen LogP contribution in [0.5, 0.6) is 5.75 Å². The van der Waals surface area contributed by atoms with Crippen molar-refractivity contribution in [3.8, 4) is 5.75 Å². The van der Waals surface area contributed by atoms with Gasteiger partial charge in [-0.3, -0.25) is 0 Å². The van der Waals surface area contributed by atoms with Crippen molar-refractivity contribution >= 4 is 0 Å². The summed E-state index contributed by atoms with van der Waals surface area (Å²) in [6.45, 7) is 0.528. The van der Waals surface area contributed by atoms with E-state index in [2.05, 4.69) is 12.2 Å². The van der Waals surface area contributed by atoms with E-state index in [0.29, 0.717) is 24.1 Å². The van der Waals surface area contributed by atoms with Gasteiger partial charge in [0.05, 0.1) is 0 Å². The summed E-state index contributed by atoms with van der Waals surface area (Å²) in [6, 6.07) is 7.61. The Labute approximate surface area is 107 Å². The first kappa shape index (κ1) is 11.8. The molecule has 1 saturated carbocycles. The predicted molar refractivity (Wildman–Crippen MR) is 69.8 cm³/mol. The maximum atomic E-state index is 10.2. The van der Waals surface area contributed by atoms with Gasteiger partial charge in [-0.2, -0.15) is 0 Å². The predicted octanol–water partition coefficient (Wildman–Crippen LogP) is 2.05. The van der Waals surface area contributed by atoms with Crippen molar-refractivity contribution in [3.05, 3.63) is 42.0 Å². The Morgan fingerprint density at radius 1 is 1.22 bits per heavy atom. The quantitative estimate of drug-likeness (QED) is 0.630. The van der Waals surface area contributed by atoms with Crippen LogP contribution in [0, 0.1) is 17.8 Å². The van der Waals surface area contributed by atoms with Crippen molar-refractivity contribution in [2.45, 2.75) is 25.7 Å². The third kappa shape index (κ3) is 2.16. The highest BCUT2D eigenvalue weighted by molar-refractivity contribution is 5.27. The van der Waals surface area contributed by atoms with Crippen LogP contribution in [0.4, 0.5) is 0 Å². The lowest BCUT2D eigenvalue weighted by atomic mass is 9.93. The number of fused-ring (bicyclic) bond motifs is 2. The maximum absolute atomic E-state index is 10.2. The molecular formula is C15H19NO2. The minimum atomic E-state index is -0.700. The molecule has 3 unspecified atom stereocenters. The fourth-order valence-electron chi connectivity index (χ4n) is 3.08. The van der Waals surface area contributed by atoms with Gasteiger partial charge in [-0.15, -0.1) is 0 Å². The minimum absolute atomic E-state index is 0.245. The zero-order chi connectivity index (χ0) is 12.5. The summed E-state index contributed by atoms with van der Waals surface area (Å²) in [5.74, 6) is 2.10. The van der Waals surface area contributed by atoms with Crippen LogP contribution < -0.4 is 10.5 Å². The summed E-state index contributed by atoms with van der Waals surface area (Å²) in [4.78, 5) is 0. The van der Waals surface area contributed by atoms with E-state index in [0.717, 1.165) is 12.0 Å². The summed E-state index contributed by atoms with van der Waals surface area (Å²) in [5, 5.41) is 10.2. The number of nitrogens with two attached hydrogens (primary N) is 1. The Morgan fingerprint density at radius 2 is 2.00 bits per heavy atom. The number of benzene rings is 1. The average molecular weight is 245 g/mol. The highest BCUT2D eigenvalue weighted by atomic mass is 16.6. The van der Waals surface area contributed by atoms with Crippen molar-refractivity contribution in [2.75, 3.05) is 0 Å². The van der Waals surface area contributed by atoms with Crippen LogP contribution >= 0.6 is 0 Å². The summed E-state index contributed by atoms with van der Waals surface area (Å²) in [7, 11) is 0. The van der Waals surface area contributed by atoms with Crippen LogP contribution in [0.25, 0.3) is 0 Å². The standard InChI is InChI=1S/C15H19NO2/c16-9-10-2-5-13(6-3-10)18-15(17)14-8-11-1-4-12(14)7-11/h1-6,11-12,14-15,17H,7-9,16H2/t11?,12?,14?,15-/m1/s1. The third-order valence-corrected chi connectivity index (χ3v) is 4.11. The molecule has 0 aromatic heterocycles. The van der Waals surface area contributed by atoms with E-state index in [1.54, 1.807) is 0 Å². The van der Waals surface area contributed by atoms with Crippen molar-refractivity contribution < 1.29 is 9.84 Å². The third-order valence-electron chi connectivity index (χ3n) is 4.11. The van der Waals surface area contributed by atoms with Gasteiger partial charge in [-0.1, -0.05) is 24.3 Å². The first-order valence-electron chi connectivity index (χ1n) is 6.58. The van der Waals surface area contributed by atoms with Crippen LogP contribution in [0.2, 0.25) is 0 Å². The van der Waals surface area contributed by atoms with Crippen molar-refractivity contribution in [2.24, 2.45) is 23.5 Å². The molecule has 0 radical (unpaired) electrons. The number of rotatable bonds is 4. The molecule has 3 heteroatoms. The van der Waals surface area contributed by atoms with Crippen molar-refractivity contribution in [1.82, 2.24) is 0 Å². The Bertz CT molecular complexity index is 440. The first-order chi connectivity index (χ1) is 8.76. The zero-order valence-corrected chi connectivity index (χ0v) is 10.3. The van der Waals surface area contributed by atoms with Gasteiger partial charge in [0.15, 0.2) is 0 Å². The molecule has 1 aromatic rings. The van der Waals surface area contributed by atoms with Gasteiger partial charge in [0.1, 0.15) is 5.75 Å². The van der Waals surface area contributed by atoms with E-state index in [4.69, 9.17) is 10.5 Å². The summed E-state index contributed by atoms with van der Waals surface area (Å²) in [5.41, 5.74) is 6.61. The highest BCUT2D eigenvalue weighted by Gasteiger charge is 2.40. The van der Waals surface area contributed by atoms with Crippen LogP contribution in [-0.2, 0) is 6.54 Å². The second-order valence-corrected chi connectivity index (χ2v) is 5.30. The fourth-order valence-corrected chi connectivity index (χ4v) is 3.08. The smallest absolute Gasteiger partial charge is 0.200 e. The minimum Gasteiger partial charge on any atom is -0.465 e. The Morgan fingerprint density at radius 3 is 2.56 bits per heavy atom. The van der Waals surface area contributed by atoms with E-state index in [-0.39, 0.29) is 5.92 Å². The number of hydrogen-bond acceptors (Lipinski definition) is 3. The lowest BCUT2D eigenvalue weighted by Gasteiger charge is -2.24. The van der Waals surface area contributed by atoms with Crippen molar-refractivity contribution in [1.29, 1.82) is 0 Å². The van der Waals surface area contributed by atoms with Gasteiger partial charge in [0.25, 0.3) is 0 Å². The largest absolute Gasteiger partial charge is 0.465 e. The van der Waals surface area contributed by atoms with Crippen LogP contribution in [-0.4, -0.2) is 11.4 Å². The monoisotopic (exact) mass is 245 g/mol. The van der Waals surface area contributed by atoms with Crippen LogP contribution in [0.1, 0.15) is 18.4 Å². The average Bonchev–Trinajstić information content (AvgIpc) is 3.02. The molecule has 2 aliphatic carbocycles. The molecule has 3 rings (SSSR count). The van der Waals surface area contributed by atoms with Crippen molar-refractivity contribution in [3.63, 3.8) is 0 Å². The SMILES string of the molecule is NCc1ccc(O[C@@H](O)C2CC3C=CC2C3)cc1. The fraction of sp³-hybridized carbons (Fsp3) is 0.467. The molecule has 0 spiro atoms. The molecule has 4 atom stereocenters. The molecule has 96 valence electrons. The number of aliphatic hydroxyl groups is 1. The topological polar surface area (TPSA) is 55.5 Å². The second kappa shape index (κ2) is 4.75. The van der Waals surface area contributed by atoms with Crippen LogP contribution in [0.3, 0.4) is 0 Å². The van der Waals surface area contributed by atoms with Gasteiger partial charge < -0.3 is 15.6 Å². The Kier molecular flexibility index (Phi) is 3.10. The van der Waals surface area contributed by atoms with E-state index in [1.807, 2.05) is 24.3 Å². The molecule has 3 N–H and O–H groups in total. The Hall–Kier alpha value is -1.32. The zero-order valence-electron chi connectivity index (χ0n) is 10.3. The molecule has 2 aliphatic rings. The molecule has 0 heterocycles. The van der Waals surface area contributed by atoms with Gasteiger partial charge in [0.2, 0.25) is 6.29 Å². The van der Waals surface area contributed by atoms with Gasteiger partial charge in [-0.05, 0) is 42.4 Å². The first-order valence-corrected chi connectivity index (χ1v) is 6.58. The molecule has 0 aliphatic heterocycles. The van der Waals surface area contributed by atoms with E-state index < -0.39 is 6.29 Å². The number of allylic oxidation sites excluding steroid dienone is 2. The molecule has 18 heavy (non-hydrogen) atoms. The lowest BCUT2D eigenvalue weighted by molar-refractivity contribution is -0.0697. The molecule has 1 aromatic carbocycles. The second-order valence-electron chi connectivity index (χ2n) is 5.30. The normalized spacial score (nSPS) is 30.7. The lowest BCUT2D eigenvalue weighted by Crippen LogP contribution is -2.29. The molecule has 0 saturated heterocycles. The summed E-state index contributed by atoms with van der Waals surface area (Å²) in [6.07, 6.45) is 6.02. The Balaban J connectivity index is 1.63. The maximum Gasteiger partial charge on any atom is 0.200 e. The molecule has 3 nitrogen and oxygen atoms in total. The van der Waals surface area contributed by atoms with E-state index >= 15 is 0 Å².